The second-order valence-corrected chi connectivity index (χ2v) is 14.4. The third-order valence-electron chi connectivity index (χ3n) is 7.73. The summed E-state index contributed by atoms with van der Waals surface area (Å²) >= 11 is 0. The normalized spacial score (nSPS) is 17.7. The molecule has 1 fully saturated rings. The molecule has 0 aliphatic heterocycles. The lowest BCUT2D eigenvalue weighted by atomic mass is 9.97. The molecule has 1 saturated carbocycles. The summed E-state index contributed by atoms with van der Waals surface area (Å²) in [5.74, 6) is -2.99. The highest BCUT2D eigenvalue weighted by Crippen LogP contribution is 2.43. The Morgan fingerprint density at radius 3 is 2.06 bits per heavy atom. The van der Waals surface area contributed by atoms with E-state index in [2.05, 4.69) is 10.6 Å². The second kappa shape index (κ2) is 15.5. The number of primary amides is 1. The van der Waals surface area contributed by atoms with Crippen LogP contribution in [0.2, 0.25) is 0 Å². The second-order valence-electron chi connectivity index (χ2n) is 14.4. The van der Waals surface area contributed by atoms with Crippen molar-refractivity contribution in [3.05, 3.63) is 65.2 Å². The van der Waals surface area contributed by atoms with Gasteiger partial charge >= 0.3 is 12.1 Å². The van der Waals surface area contributed by atoms with Gasteiger partial charge in [-0.2, -0.15) is 0 Å². The molecule has 3 rings (SSSR count). The summed E-state index contributed by atoms with van der Waals surface area (Å²) in [5.41, 5.74) is 5.05. The van der Waals surface area contributed by atoms with Crippen LogP contribution in [-0.4, -0.2) is 69.1 Å². The van der Waals surface area contributed by atoms with Gasteiger partial charge in [0.15, 0.2) is 0 Å². The summed E-state index contributed by atoms with van der Waals surface area (Å²) in [6, 6.07) is 9.64. The number of aryl methyl sites for hydroxylation is 1. The van der Waals surface area contributed by atoms with Crippen LogP contribution in [0, 0.1) is 12.8 Å². The maximum absolute atomic E-state index is 14.6. The summed E-state index contributed by atoms with van der Waals surface area (Å²) in [7, 11) is 0. The summed E-state index contributed by atoms with van der Waals surface area (Å²) in [4.78, 5) is 68.6. The van der Waals surface area contributed by atoms with Gasteiger partial charge in [0.2, 0.25) is 17.7 Å². The molecular formula is C36H50N4O8. The predicted molar refractivity (Wildman–Crippen MR) is 180 cm³/mol. The number of ether oxygens (including phenoxy) is 2. The number of benzene rings is 2. The van der Waals surface area contributed by atoms with Crippen LogP contribution >= 0.6 is 0 Å². The van der Waals surface area contributed by atoms with Crippen molar-refractivity contribution in [2.45, 2.75) is 116 Å². The number of carbonyl (C=O) groups is 5. The molecule has 0 spiro atoms. The SMILES string of the molecule is Cc1cccc(C(C(=O)NC(Cc2ccccc2)C(=O)OC(C)(C)C)N(C(=O)C(CCC(N)=O)NC(=O)OC(C)(C)C)C2CC2C)c1O. The van der Waals surface area contributed by atoms with Gasteiger partial charge in [0, 0.05) is 24.4 Å². The summed E-state index contributed by atoms with van der Waals surface area (Å²) < 4.78 is 11.1. The van der Waals surface area contributed by atoms with Gasteiger partial charge in [0.1, 0.15) is 35.1 Å². The minimum absolute atomic E-state index is 0.0273. The highest BCUT2D eigenvalue weighted by atomic mass is 16.6. The highest BCUT2D eigenvalue weighted by Gasteiger charge is 2.49. The number of hydrogen-bond donors (Lipinski definition) is 4. The number of nitrogens with two attached hydrogens (primary N) is 1. The lowest BCUT2D eigenvalue weighted by Crippen LogP contribution is -2.56. The van der Waals surface area contributed by atoms with Crippen LogP contribution in [0.25, 0.3) is 0 Å². The Morgan fingerprint density at radius 1 is 0.917 bits per heavy atom. The fourth-order valence-corrected chi connectivity index (χ4v) is 5.33. The van der Waals surface area contributed by atoms with Crippen LogP contribution < -0.4 is 16.4 Å². The first kappa shape index (κ1) is 37.8. The van der Waals surface area contributed by atoms with E-state index in [4.69, 9.17) is 15.2 Å². The number of hydrogen-bond acceptors (Lipinski definition) is 8. The fourth-order valence-electron chi connectivity index (χ4n) is 5.33. The third kappa shape index (κ3) is 11.0. The van der Waals surface area contributed by atoms with Crippen molar-refractivity contribution in [3.63, 3.8) is 0 Å². The highest BCUT2D eigenvalue weighted by molar-refractivity contribution is 5.95. The number of alkyl carbamates (subject to hydrolysis) is 1. The predicted octanol–water partition coefficient (Wildman–Crippen LogP) is 4.21. The van der Waals surface area contributed by atoms with Crippen molar-refractivity contribution >= 4 is 29.8 Å². The van der Waals surface area contributed by atoms with E-state index in [-0.39, 0.29) is 36.5 Å². The number of phenols is 1. The number of para-hydroxylation sites is 1. The molecule has 0 heterocycles. The van der Waals surface area contributed by atoms with Crippen molar-refractivity contribution in [2.24, 2.45) is 11.7 Å². The number of esters is 1. The molecule has 12 nitrogen and oxygen atoms in total. The van der Waals surface area contributed by atoms with Gasteiger partial charge in [-0.3, -0.25) is 14.4 Å². The standard InChI is InChI=1S/C36H50N4O8/c1-21-13-12-16-24(30(21)42)29(31(43)38-26(33(45)47-35(3,4)5)20-23-14-10-9-11-15-23)40(27-19-22(27)2)32(44)25(17-18-28(37)41)39-34(46)48-36(6,7)8/h9-16,22,25-27,29,42H,17-20H2,1-8H3,(H2,37,41)(H,38,43)(H,39,46). The largest absolute Gasteiger partial charge is 0.507 e. The van der Waals surface area contributed by atoms with E-state index in [1.54, 1.807) is 66.7 Å². The molecule has 262 valence electrons. The molecule has 2 aromatic rings. The van der Waals surface area contributed by atoms with Gasteiger partial charge in [-0.1, -0.05) is 55.5 Å². The smallest absolute Gasteiger partial charge is 0.408 e. The molecular weight excluding hydrogens is 616 g/mol. The van der Waals surface area contributed by atoms with Crippen LogP contribution in [-0.2, 0) is 35.1 Å². The van der Waals surface area contributed by atoms with Crippen LogP contribution in [0.15, 0.2) is 48.5 Å². The van der Waals surface area contributed by atoms with E-state index in [0.717, 1.165) is 5.56 Å². The van der Waals surface area contributed by atoms with Crippen LogP contribution in [0.4, 0.5) is 4.79 Å². The Bertz CT molecular complexity index is 1480. The zero-order valence-corrected chi connectivity index (χ0v) is 29.2. The molecule has 0 saturated heterocycles. The van der Waals surface area contributed by atoms with Crippen LogP contribution in [0.1, 0.15) is 90.5 Å². The van der Waals surface area contributed by atoms with E-state index in [1.165, 1.54) is 4.90 Å². The van der Waals surface area contributed by atoms with Gasteiger partial charge in [-0.05, 0) is 78.4 Å². The molecule has 1 aliphatic rings. The van der Waals surface area contributed by atoms with E-state index < -0.39 is 65.2 Å². The first-order valence-corrected chi connectivity index (χ1v) is 16.2. The minimum atomic E-state index is -1.43. The molecule has 4 amide bonds. The molecule has 2 aromatic carbocycles. The van der Waals surface area contributed by atoms with E-state index in [1.807, 2.05) is 37.3 Å². The Morgan fingerprint density at radius 2 is 1.52 bits per heavy atom. The molecule has 0 radical (unpaired) electrons. The van der Waals surface area contributed by atoms with E-state index >= 15 is 0 Å². The molecule has 5 unspecified atom stereocenters. The molecule has 5 atom stereocenters. The number of amides is 4. The average molecular weight is 667 g/mol. The zero-order valence-electron chi connectivity index (χ0n) is 29.2. The average Bonchev–Trinajstić information content (AvgIpc) is 3.68. The fraction of sp³-hybridized carbons (Fsp3) is 0.528. The lowest BCUT2D eigenvalue weighted by Gasteiger charge is -2.36. The molecule has 48 heavy (non-hydrogen) atoms. The Balaban J connectivity index is 2.11. The van der Waals surface area contributed by atoms with Crippen molar-refractivity contribution in [1.29, 1.82) is 0 Å². The Labute approximate surface area is 282 Å². The minimum Gasteiger partial charge on any atom is -0.507 e. The van der Waals surface area contributed by atoms with Crippen molar-refractivity contribution < 1.29 is 38.6 Å². The maximum atomic E-state index is 14.6. The first-order chi connectivity index (χ1) is 22.3. The number of nitrogens with one attached hydrogen (secondary N) is 2. The number of nitrogens with zero attached hydrogens (tertiary/aromatic N) is 1. The zero-order chi connectivity index (χ0) is 36.0. The van der Waals surface area contributed by atoms with Gasteiger partial charge < -0.3 is 35.8 Å². The van der Waals surface area contributed by atoms with Crippen molar-refractivity contribution in [1.82, 2.24) is 15.5 Å². The van der Waals surface area contributed by atoms with E-state index in [0.29, 0.717) is 12.0 Å². The summed E-state index contributed by atoms with van der Waals surface area (Å²) in [5, 5.41) is 16.7. The molecule has 12 heteroatoms. The topological polar surface area (TPSA) is 177 Å². The lowest BCUT2D eigenvalue weighted by molar-refractivity contribution is -0.159. The number of carbonyl (C=O) groups excluding carboxylic acids is 5. The summed E-state index contributed by atoms with van der Waals surface area (Å²) in [6.07, 6.45) is -0.639. The monoisotopic (exact) mass is 666 g/mol. The first-order valence-electron chi connectivity index (χ1n) is 16.2. The number of phenolic OH excluding ortho intramolecular Hbond substituents is 1. The van der Waals surface area contributed by atoms with Gasteiger partial charge in [0.05, 0.1) is 0 Å². The van der Waals surface area contributed by atoms with Gasteiger partial charge in [-0.25, -0.2) is 9.59 Å². The quantitative estimate of drug-likeness (QED) is 0.230. The Kier molecular flexibility index (Phi) is 12.2. The molecule has 0 bridgehead atoms. The molecule has 0 aromatic heterocycles. The van der Waals surface area contributed by atoms with E-state index in [9.17, 15) is 29.1 Å². The van der Waals surface area contributed by atoms with Crippen LogP contribution in [0.3, 0.4) is 0 Å². The molecule has 1 aliphatic carbocycles. The number of aromatic hydroxyl groups is 1. The van der Waals surface area contributed by atoms with Gasteiger partial charge in [0.25, 0.3) is 0 Å². The van der Waals surface area contributed by atoms with Crippen LogP contribution in [0.5, 0.6) is 5.75 Å². The Hall–Kier alpha value is -4.61. The van der Waals surface area contributed by atoms with Gasteiger partial charge in [-0.15, -0.1) is 0 Å². The summed E-state index contributed by atoms with van der Waals surface area (Å²) in [6.45, 7) is 13.7. The third-order valence-corrected chi connectivity index (χ3v) is 7.73. The maximum Gasteiger partial charge on any atom is 0.408 e. The number of rotatable bonds is 13. The van der Waals surface area contributed by atoms with Crippen molar-refractivity contribution in [3.8, 4) is 5.75 Å². The molecule has 5 N–H and O–H groups in total. The van der Waals surface area contributed by atoms with Crippen molar-refractivity contribution in [2.75, 3.05) is 0 Å².